The summed E-state index contributed by atoms with van der Waals surface area (Å²) in [5.74, 6) is 0. The molecular formula is H13AlBaMgO7SSiSr. The topological polar surface area (TPSA) is 132 Å². The average molecular weight is 461 g/mol. The monoisotopic (exact) mass is 462 g/mol. The van der Waals surface area contributed by atoms with Crippen molar-refractivity contribution < 1.29 is 31.6 Å². The van der Waals surface area contributed by atoms with E-state index < -0.39 is 19.6 Å². The van der Waals surface area contributed by atoms with Crippen molar-refractivity contribution in [3.05, 3.63) is 0 Å². The molecule has 0 aromatic carbocycles. The fraction of sp³-hybridized carbons (Fsp3) is 0. The van der Waals surface area contributed by atoms with Crippen LogP contribution in [-0.4, -0.2) is 171 Å². The molecule has 0 heterocycles. The number of hydrogen-bond donors (Lipinski definition) is 4. The van der Waals surface area contributed by atoms with Crippen LogP contribution >= 0.6 is 0 Å². The predicted molar refractivity (Wildman–Crippen MR) is 60.6 cm³/mol. The van der Waals surface area contributed by atoms with E-state index in [1.54, 1.807) is 0 Å². The minimum atomic E-state index is -4.67. The van der Waals surface area contributed by atoms with Crippen molar-refractivity contribution in [1.29, 1.82) is 0 Å². The zero-order valence-corrected chi connectivity index (χ0v) is 5.74. The van der Waals surface area contributed by atoms with Crippen molar-refractivity contribution in [3.8, 4) is 0 Å². The molecule has 0 radical (unpaired) electrons. The first-order valence-electron chi connectivity index (χ1n) is 1.35. The SMILES string of the molecule is O=S(=O)(O)O.O=[Si](O)O.[AlH3].[BaH2].[MgH2].[SrH2]. The first kappa shape index (κ1) is 36.0. The van der Waals surface area contributed by atoms with Crippen molar-refractivity contribution in [2.75, 3.05) is 0 Å². The van der Waals surface area contributed by atoms with Gasteiger partial charge in [-0.2, -0.15) is 8.42 Å². The van der Waals surface area contributed by atoms with E-state index >= 15 is 0 Å². The van der Waals surface area contributed by atoms with Gasteiger partial charge in [-0.15, -0.1) is 0 Å². The Balaban J connectivity index is -0.0000000146. The Labute approximate surface area is 181 Å². The summed E-state index contributed by atoms with van der Waals surface area (Å²) in [4.78, 5) is 14.3. The standard InChI is InChI=1S/Al.Ba.Mg.H2O4S.H2O3Si.Sr.9H/c;;;1-5(2,3)4;1-4(2)3;;;;;;;;;;/h;;;(H2,1,2,3,4);1-2H;;;;;;;;;;. The van der Waals surface area contributed by atoms with Crippen LogP contribution in [0.15, 0.2) is 0 Å². The molecule has 74 valence electrons. The van der Waals surface area contributed by atoms with Crippen molar-refractivity contribution in [2.45, 2.75) is 0 Å². The van der Waals surface area contributed by atoms with Crippen molar-refractivity contribution in [3.63, 3.8) is 0 Å². The van der Waals surface area contributed by atoms with Gasteiger partial charge in [-0.1, -0.05) is 0 Å². The molecule has 0 aliphatic carbocycles. The summed E-state index contributed by atoms with van der Waals surface area (Å²) in [5.41, 5.74) is 0. The van der Waals surface area contributed by atoms with E-state index in [1.807, 2.05) is 0 Å². The molecule has 0 aromatic rings. The third-order valence-electron chi connectivity index (χ3n) is 0. The fourth-order valence-electron chi connectivity index (χ4n) is 0. The Hall–Kier alpha value is 3.84. The Bertz CT molecular complexity index is 171. The van der Waals surface area contributed by atoms with Crippen LogP contribution in [0, 0.1) is 0 Å². The van der Waals surface area contributed by atoms with Crippen molar-refractivity contribution >= 4 is 154 Å². The number of rotatable bonds is 0. The van der Waals surface area contributed by atoms with Gasteiger partial charge in [0.2, 0.25) is 0 Å². The molecule has 13 heavy (non-hydrogen) atoms. The van der Waals surface area contributed by atoms with Crippen molar-refractivity contribution in [2.24, 2.45) is 0 Å². The summed E-state index contributed by atoms with van der Waals surface area (Å²) in [6.07, 6.45) is 0. The van der Waals surface area contributed by atoms with Gasteiger partial charge in [-0.3, -0.25) is 13.6 Å². The van der Waals surface area contributed by atoms with E-state index in [0.717, 1.165) is 0 Å². The second-order valence-electron chi connectivity index (χ2n) is 0.730. The molecule has 0 spiro atoms. The molecule has 0 aromatic heterocycles. The molecule has 0 aliphatic rings. The second-order valence-corrected chi connectivity index (χ2v) is 2.19. The summed E-state index contributed by atoms with van der Waals surface area (Å²) < 4.78 is 40.3. The normalized spacial score (nSPS) is 6.31. The van der Waals surface area contributed by atoms with E-state index in [0.29, 0.717) is 0 Å². The van der Waals surface area contributed by atoms with E-state index in [2.05, 4.69) is 0 Å². The quantitative estimate of drug-likeness (QED) is 0.209. The third kappa shape index (κ3) is 206. The maximum atomic E-state index is 8.74. The van der Waals surface area contributed by atoms with Gasteiger partial charge in [0.25, 0.3) is 0 Å². The zero-order chi connectivity index (χ0) is 8.08. The van der Waals surface area contributed by atoms with Gasteiger partial charge in [0.15, 0.2) is 17.4 Å². The molecule has 0 rings (SSSR count). The van der Waals surface area contributed by atoms with Crippen LogP contribution in [-0.2, 0) is 14.9 Å². The van der Waals surface area contributed by atoms with Crippen LogP contribution < -0.4 is 0 Å². The summed E-state index contributed by atoms with van der Waals surface area (Å²) in [5, 5.41) is 0. The van der Waals surface area contributed by atoms with Crippen LogP contribution in [0.1, 0.15) is 0 Å². The summed E-state index contributed by atoms with van der Waals surface area (Å²) in [7, 11) is -7.80. The van der Waals surface area contributed by atoms with Crippen molar-refractivity contribution in [1.82, 2.24) is 0 Å². The molecule has 13 heteroatoms. The van der Waals surface area contributed by atoms with Crippen LogP contribution in [0.4, 0.5) is 0 Å². The second kappa shape index (κ2) is 21.2. The summed E-state index contributed by atoms with van der Waals surface area (Å²) in [6, 6.07) is 0. The van der Waals surface area contributed by atoms with E-state index in [-0.39, 0.29) is 135 Å². The Morgan fingerprint density at radius 3 is 1.08 bits per heavy atom. The van der Waals surface area contributed by atoms with E-state index in [1.165, 1.54) is 0 Å². The first-order valence-corrected chi connectivity index (χ1v) is 4.05. The Kier molecular flexibility index (Phi) is 58.5. The van der Waals surface area contributed by atoms with Crippen LogP contribution in [0.2, 0.25) is 0 Å². The van der Waals surface area contributed by atoms with Crippen LogP contribution in [0.3, 0.4) is 0 Å². The van der Waals surface area contributed by atoms with Gasteiger partial charge in [0, 0.05) is 0 Å². The van der Waals surface area contributed by atoms with Gasteiger partial charge in [0.1, 0.15) is 0 Å². The number of hydrogen-bond acceptors (Lipinski definition) is 3. The van der Waals surface area contributed by atoms with E-state index in [9.17, 15) is 0 Å². The molecule has 0 amide bonds. The van der Waals surface area contributed by atoms with Gasteiger partial charge < -0.3 is 9.59 Å². The zero-order valence-electron chi connectivity index (χ0n) is 3.92. The van der Waals surface area contributed by atoms with E-state index in [4.69, 9.17) is 31.6 Å². The minimum absolute atomic E-state index is 0. The summed E-state index contributed by atoms with van der Waals surface area (Å²) in [6.45, 7) is 0. The molecule has 0 saturated heterocycles. The first-order chi connectivity index (χ1) is 3.73. The van der Waals surface area contributed by atoms with Gasteiger partial charge in [0.05, 0.1) is 0 Å². The summed E-state index contributed by atoms with van der Waals surface area (Å²) >= 11 is 0. The molecule has 0 bridgehead atoms. The predicted octanol–water partition coefficient (Wildman–Crippen LogP) is -6.20. The molecule has 0 unspecified atom stereocenters. The molecule has 0 fully saturated rings. The molecule has 4 N–H and O–H groups in total. The average Bonchev–Trinajstić information content (AvgIpc) is 1.19. The molecule has 0 aliphatic heterocycles. The third-order valence-corrected chi connectivity index (χ3v) is 0. The maximum absolute atomic E-state index is 8.74. The molecular weight excluding hydrogens is 448 g/mol. The Morgan fingerprint density at radius 2 is 1.08 bits per heavy atom. The molecule has 0 atom stereocenters. The van der Waals surface area contributed by atoms with Crippen LogP contribution in [0.25, 0.3) is 0 Å². The van der Waals surface area contributed by atoms with Crippen LogP contribution in [0.5, 0.6) is 0 Å². The fourth-order valence-corrected chi connectivity index (χ4v) is 0. The molecule has 0 saturated carbocycles. The van der Waals surface area contributed by atoms with Gasteiger partial charge in [-0.05, 0) is 0 Å². The Morgan fingerprint density at radius 1 is 1.08 bits per heavy atom. The van der Waals surface area contributed by atoms with Gasteiger partial charge in [-0.25, -0.2) is 0 Å². The van der Waals surface area contributed by atoms with Gasteiger partial charge >= 0.3 is 137 Å². The molecule has 7 nitrogen and oxygen atoms in total.